The van der Waals surface area contributed by atoms with E-state index in [4.69, 9.17) is 5.73 Å². The summed E-state index contributed by atoms with van der Waals surface area (Å²) in [5, 5.41) is 7.23. The van der Waals surface area contributed by atoms with E-state index in [9.17, 15) is 27.6 Å². The number of nitrogens with one attached hydrogen (secondary N) is 3. The van der Waals surface area contributed by atoms with Gasteiger partial charge in [-0.15, -0.1) is 0 Å². The van der Waals surface area contributed by atoms with Crippen LogP contribution in [0.2, 0.25) is 0 Å². The lowest BCUT2D eigenvalue weighted by molar-refractivity contribution is -0.137. The SMILES string of the molecule is CCNc1ccc(C(F)(F)F)cc1C(=O)NCC(=O)NC(C)C(N)=O. The predicted octanol–water partition coefficient (Wildman–Crippen LogP) is 0.857. The van der Waals surface area contributed by atoms with Crippen molar-refractivity contribution in [2.75, 3.05) is 18.4 Å². The van der Waals surface area contributed by atoms with Crippen molar-refractivity contribution in [3.05, 3.63) is 29.3 Å². The van der Waals surface area contributed by atoms with Crippen molar-refractivity contribution in [2.45, 2.75) is 26.1 Å². The number of carbonyl (C=O) groups excluding carboxylic acids is 3. The number of alkyl halides is 3. The highest BCUT2D eigenvalue weighted by atomic mass is 19.4. The lowest BCUT2D eigenvalue weighted by Gasteiger charge is -2.15. The average molecular weight is 360 g/mol. The van der Waals surface area contributed by atoms with E-state index in [1.54, 1.807) is 6.92 Å². The van der Waals surface area contributed by atoms with E-state index in [2.05, 4.69) is 16.0 Å². The van der Waals surface area contributed by atoms with Gasteiger partial charge in [0, 0.05) is 12.2 Å². The minimum Gasteiger partial charge on any atom is -0.385 e. The highest BCUT2D eigenvalue weighted by Crippen LogP contribution is 2.31. The third kappa shape index (κ3) is 5.98. The summed E-state index contributed by atoms with van der Waals surface area (Å²) in [6.45, 7) is 2.96. The maximum Gasteiger partial charge on any atom is 0.416 e. The van der Waals surface area contributed by atoms with Crippen molar-refractivity contribution in [3.63, 3.8) is 0 Å². The first-order valence-electron chi connectivity index (χ1n) is 7.38. The van der Waals surface area contributed by atoms with E-state index in [1.807, 2.05) is 0 Å². The maximum absolute atomic E-state index is 12.8. The highest BCUT2D eigenvalue weighted by molar-refractivity contribution is 6.01. The second-order valence-corrected chi connectivity index (χ2v) is 5.16. The lowest BCUT2D eigenvalue weighted by atomic mass is 10.1. The minimum absolute atomic E-state index is 0.207. The molecule has 25 heavy (non-hydrogen) atoms. The van der Waals surface area contributed by atoms with Gasteiger partial charge in [0.2, 0.25) is 11.8 Å². The molecule has 10 heteroatoms. The first-order chi connectivity index (χ1) is 11.6. The Morgan fingerprint density at radius 3 is 2.40 bits per heavy atom. The summed E-state index contributed by atoms with van der Waals surface area (Å²) in [5.41, 5.74) is 3.97. The fourth-order valence-electron chi connectivity index (χ4n) is 1.87. The molecule has 0 aliphatic carbocycles. The molecular formula is C15H19F3N4O3. The van der Waals surface area contributed by atoms with Crippen LogP contribution >= 0.6 is 0 Å². The minimum atomic E-state index is -4.60. The molecule has 138 valence electrons. The molecule has 1 unspecified atom stereocenters. The Balaban J connectivity index is 2.88. The number of rotatable bonds is 7. The molecule has 1 rings (SSSR count). The fourth-order valence-corrected chi connectivity index (χ4v) is 1.87. The van der Waals surface area contributed by atoms with Gasteiger partial charge in [-0.2, -0.15) is 13.2 Å². The van der Waals surface area contributed by atoms with Crippen LogP contribution in [-0.4, -0.2) is 36.9 Å². The van der Waals surface area contributed by atoms with Crippen LogP contribution in [0.15, 0.2) is 18.2 Å². The van der Waals surface area contributed by atoms with Crippen molar-refractivity contribution < 1.29 is 27.6 Å². The fraction of sp³-hybridized carbons (Fsp3) is 0.400. The molecule has 0 aliphatic rings. The van der Waals surface area contributed by atoms with Crippen molar-refractivity contribution >= 4 is 23.4 Å². The van der Waals surface area contributed by atoms with Gasteiger partial charge in [-0.1, -0.05) is 0 Å². The molecule has 1 aromatic rings. The van der Waals surface area contributed by atoms with Gasteiger partial charge in [0.1, 0.15) is 6.04 Å². The topological polar surface area (TPSA) is 113 Å². The summed E-state index contributed by atoms with van der Waals surface area (Å²) in [7, 11) is 0. The highest BCUT2D eigenvalue weighted by Gasteiger charge is 2.31. The van der Waals surface area contributed by atoms with E-state index in [1.165, 1.54) is 6.92 Å². The Kier molecular flexibility index (Phi) is 6.77. The molecule has 1 atom stereocenters. The van der Waals surface area contributed by atoms with Crippen LogP contribution in [0.25, 0.3) is 0 Å². The van der Waals surface area contributed by atoms with Crippen LogP contribution in [-0.2, 0) is 15.8 Å². The van der Waals surface area contributed by atoms with Crippen molar-refractivity contribution in [1.82, 2.24) is 10.6 Å². The molecule has 0 saturated heterocycles. The monoisotopic (exact) mass is 360 g/mol. The summed E-state index contributed by atoms with van der Waals surface area (Å²) in [6, 6.07) is 1.78. The van der Waals surface area contributed by atoms with Crippen molar-refractivity contribution in [1.29, 1.82) is 0 Å². The number of hydrogen-bond acceptors (Lipinski definition) is 4. The molecule has 0 bridgehead atoms. The zero-order valence-electron chi connectivity index (χ0n) is 13.7. The van der Waals surface area contributed by atoms with Crippen LogP contribution in [0.1, 0.15) is 29.8 Å². The molecule has 0 saturated carbocycles. The van der Waals surface area contributed by atoms with E-state index in [-0.39, 0.29) is 11.3 Å². The summed E-state index contributed by atoms with van der Waals surface area (Å²) in [6.07, 6.45) is -4.60. The molecule has 0 radical (unpaired) electrons. The van der Waals surface area contributed by atoms with Crippen LogP contribution in [0.3, 0.4) is 0 Å². The van der Waals surface area contributed by atoms with E-state index in [0.717, 1.165) is 12.1 Å². The first-order valence-corrected chi connectivity index (χ1v) is 7.38. The number of carbonyl (C=O) groups is 3. The molecule has 0 aliphatic heterocycles. The molecule has 0 aromatic heterocycles. The molecule has 7 nitrogen and oxygen atoms in total. The van der Waals surface area contributed by atoms with Crippen molar-refractivity contribution in [3.8, 4) is 0 Å². The smallest absolute Gasteiger partial charge is 0.385 e. The van der Waals surface area contributed by atoms with Gasteiger partial charge in [-0.05, 0) is 32.0 Å². The van der Waals surface area contributed by atoms with Gasteiger partial charge in [0.25, 0.3) is 5.91 Å². The third-order valence-electron chi connectivity index (χ3n) is 3.17. The van der Waals surface area contributed by atoms with Crippen LogP contribution in [0, 0.1) is 0 Å². The summed E-state index contributed by atoms with van der Waals surface area (Å²) < 4.78 is 38.5. The van der Waals surface area contributed by atoms with E-state index in [0.29, 0.717) is 12.6 Å². The third-order valence-corrected chi connectivity index (χ3v) is 3.17. The largest absolute Gasteiger partial charge is 0.416 e. The van der Waals surface area contributed by atoms with Gasteiger partial charge in [-0.3, -0.25) is 14.4 Å². The van der Waals surface area contributed by atoms with Gasteiger partial charge in [-0.25, -0.2) is 0 Å². The van der Waals surface area contributed by atoms with E-state index >= 15 is 0 Å². The number of halogens is 3. The van der Waals surface area contributed by atoms with Gasteiger partial charge in [0.15, 0.2) is 0 Å². The quantitative estimate of drug-likeness (QED) is 0.577. The number of hydrogen-bond donors (Lipinski definition) is 4. The van der Waals surface area contributed by atoms with Gasteiger partial charge in [0.05, 0.1) is 17.7 Å². The van der Waals surface area contributed by atoms with Crippen LogP contribution < -0.4 is 21.7 Å². The molecule has 5 N–H and O–H groups in total. The maximum atomic E-state index is 12.8. The number of benzene rings is 1. The second kappa shape index (κ2) is 8.36. The van der Waals surface area contributed by atoms with Crippen LogP contribution in [0.5, 0.6) is 0 Å². The molecule has 0 spiro atoms. The number of amides is 3. The van der Waals surface area contributed by atoms with E-state index < -0.39 is 42.0 Å². The summed E-state index contributed by atoms with van der Waals surface area (Å²) >= 11 is 0. The van der Waals surface area contributed by atoms with Gasteiger partial charge < -0.3 is 21.7 Å². The lowest BCUT2D eigenvalue weighted by Crippen LogP contribution is -2.46. The first kappa shape index (κ1) is 20.3. The number of nitrogens with two attached hydrogens (primary N) is 1. The second-order valence-electron chi connectivity index (χ2n) is 5.16. The van der Waals surface area contributed by atoms with Gasteiger partial charge >= 0.3 is 6.18 Å². The Morgan fingerprint density at radius 2 is 1.88 bits per heavy atom. The normalized spacial score (nSPS) is 12.2. The molecule has 1 aromatic carbocycles. The Labute approximate surface area is 142 Å². The summed E-state index contributed by atoms with van der Waals surface area (Å²) in [4.78, 5) is 34.6. The Bertz CT molecular complexity index is 662. The zero-order chi connectivity index (χ0) is 19.2. The Morgan fingerprint density at radius 1 is 1.24 bits per heavy atom. The van der Waals surface area contributed by atoms with Crippen LogP contribution in [0.4, 0.5) is 18.9 Å². The molecule has 0 fully saturated rings. The average Bonchev–Trinajstić information content (AvgIpc) is 2.52. The molecule has 0 heterocycles. The predicted molar refractivity (Wildman–Crippen MR) is 84.7 cm³/mol. The zero-order valence-corrected chi connectivity index (χ0v) is 13.7. The number of primary amides is 1. The van der Waals surface area contributed by atoms with Crippen molar-refractivity contribution in [2.24, 2.45) is 5.73 Å². The summed E-state index contributed by atoms with van der Waals surface area (Å²) in [5.74, 6) is -2.31. The number of anilines is 1. The standard InChI is InChI=1S/C15H19F3N4O3/c1-3-20-11-5-4-9(15(16,17)18)6-10(11)14(25)21-7-12(23)22-8(2)13(19)24/h4-6,8,20H,3,7H2,1-2H3,(H2,19,24)(H,21,25)(H,22,23). The Hall–Kier alpha value is -2.78. The molecular weight excluding hydrogens is 341 g/mol. The molecule has 3 amide bonds.